The number of carbonyl (C=O) groups excluding carboxylic acids is 4. The number of aliphatic hydroxyl groups excluding tert-OH is 1. The molecule has 9 atom stereocenters. The maximum absolute atomic E-state index is 13.5. The van der Waals surface area contributed by atoms with E-state index in [0.717, 1.165) is 0 Å². The molecule has 2 heterocycles. The molecule has 0 saturated carbocycles. The van der Waals surface area contributed by atoms with E-state index in [0.29, 0.717) is 0 Å². The number of aliphatic hydroxyl groups is 1. The molecule has 51 heavy (non-hydrogen) atoms. The third kappa shape index (κ3) is 9.26. The van der Waals surface area contributed by atoms with Crippen LogP contribution in [-0.4, -0.2) is 105 Å². The highest BCUT2D eigenvalue weighted by Gasteiger charge is 2.55. The quantitative estimate of drug-likeness (QED) is 0.0890. The average Bonchev–Trinajstić information content (AvgIpc) is 3.46. The second-order valence-electron chi connectivity index (χ2n) is 11.3. The van der Waals surface area contributed by atoms with Gasteiger partial charge in [-0.25, -0.2) is 14.4 Å². The van der Waals surface area contributed by atoms with Gasteiger partial charge in [0.15, 0.2) is 24.8 Å². The third-order valence-electron chi connectivity index (χ3n) is 7.96. The highest BCUT2D eigenvalue weighted by molar-refractivity contribution is 5.91. The largest absolute Gasteiger partial charge is 0.463 e. The van der Waals surface area contributed by atoms with Gasteiger partial charge >= 0.3 is 23.9 Å². The van der Waals surface area contributed by atoms with Crippen LogP contribution in [0.1, 0.15) is 38.0 Å². The lowest BCUT2D eigenvalue weighted by molar-refractivity contribution is -0.296. The van der Waals surface area contributed by atoms with Crippen molar-refractivity contribution >= 4 is 23.9 Å². The Morgan fingerprint density at radius 1 is 0.706 bits per heavy atom. The van der Waals surface area contributed by atoms with Gasteiger partial charge in [-0.05, 0) is 41.9 Å². The van der Waals surface area contributed by atoms with E-state index >= 15 is 0 Å². The van der Waals surface area contributed by atoms with Crippen molar-refractivity contribution in [1.82, 2.24) is 0 Å². The molecule has 268 valence electrons. The predicted molar refractivity (Wildman–Crippen MR) is 173 cm³/mol. The molecule has 16 nitrogen and oxygen atoms in total. The summed E-state index contributed by atoms with van der Waals surface area (Å²) in [6.07, 6.45) is -11.5. The number of hydrogen-bond acceptors (Lipinski definition) is 14. The zero-order chi connectivity index (χ0) is 36.3. The molecule has 0 unspecified atom stereocenters. The van der Waals surface area contributed by atoms with Gasteiger partial charge in [0.25, 0.3) is 0 Å². The molecular formula is C35H35N3O13. The number of ether oxygens (including phenoxy) is 8. The molecule has 0 bridgehead atoms. The number of nitrogens with zero attached hydrogens (tertiary/aromatic N) is 3. The van der Waals surface area contributed by atoms with Crippen molar-refractivity contribution in [3.63, 3.8) is 0 Å². The standard InChI is InChI=1S/C35H35N3O13/c1-20(39)45-18-24-27(40)29(26(37-38-36)34(44-2)47-24)51-35-30(50-33(43)23-16-10-5-11-17-23)28(49-32(42)22-14-8-4-9-15-22)25(48-35)19-46-31(41)21-12-6-3-7-13-21/h3-17,24-30,34-35,40H,18-19H2,1-2H3/t24-,25-,26-,27-,28-,29-,30-,34-,35+/m1/s1. The van der Waals surface area contributed by atoms with E-state index in [-0.39, 0.29) is 16.7 Å². The Morgan fingerprint density at radius 3 is 1.71 bits per heavy atom. The summed E-state index contributed by atoms with van der Waals surface area (Å²) in [6.45, 7) is 0.248. The fourth-order valence-electron chi connectivity index (χ4n) is 5.48. The van der Waals surface area contributed by atoms with Gasteiger partial charge in [-0.3, -0.25) is 4.79 Å². The minimum atomic E-state index is -1.63. The summed E-state index contributed by atoms with van der Waals surface area (Å²) in [5.74, 6) is -3.03. The van der Waals surface area contributed by atoms with Crippen molar-refractivity contribution in [3.8, 4) is 0 Å². The van der Waals surface area contributed by atoms with Crippen molar-refractivity contribution < 1.29 is 62.2 Å². The van der Waals surface area contributed by atoms with Crippen LogP contribution in [0.25, 0.3) is 10.4 Å². The van der Waals surface area contributed by atoms with Crippen LogP contribution in [-0.2, 0) is 42.7 Å². The second kappa shape index (κ2) is 17.5. The molecule has 0 aromatic heterocycles. The summed E-state index contributed by atoms with van der Waals surface area (Å²) in [5.41, 5.74) is 9.92. The fourth-order valence-corrected chi connectivity index (χ4v) is 5.48. The van der Waals surface area contributed by atoms with Crippen molar-refractivity contribution in [2.45, 2.75) is 62.2 Å². The van der Waals surface area contributed by atoms with E-state index < -0.39 is 92.3 Å². The van der Waals surface area contributed by atoms with Crippen molar-refractivity contribution in [1.29, 1.82) is 0 Å². The summed E-state index contributed by atoms with van der Waals surface area (Å²) in [4.78, 5) is 54.2. The van der Waals surface area contributed by atoms with Crippen molar-refractivity contribution in [2.75, 3.05) is 20.3 Å². The Labute approximate surface area is 291 Å². The Balaban J connectivity index is 1.50. The van der Waals surface area contributed by atoms with Crippen molar-refractivity contribution in [3.05, 3.63) is 118 Å². The van der Waals surface area contributed by atoms with Crippen molar-refractivity contribution in [2.24, 2.45) is 5.11 Å². The molecule has 2 aliphatic heterocycles. The predicted octanol–water partition coefficient (Wildman–Crippen LogP) is 3.38. The Bertz CT molecular complexity index is 1690. The first kappa shape index (κ1) is 36.9. The van der Waals surface area contributed by atoms with Crippen LogP contribution in [0.5, 0.6) is 0 Å². The molecule has 2 saturated heterocycles. The van der Waals surface area contributed by atoms with Crippen LogP contribution in [0.2, 0.25) is 0 Å². The summed E-state index contributed by atoms with van der Waals surface area (Å²) in [6, 6.07) is 22.7. The minimum absolute atomic E-state index is 0.141. The van der Waals surface area contributed by atoms with E-state index in [9.17, 15) is 29.8 Å². The minimum Gasteiger partial charge on any atom is -0.463 e. The summed E-state index contributed by atoms with van der Waals surface area (Å²) >= 11 is 0. The van der Waals surface area contributed by atoms with Crippen LogP contribution in [0.15, 0.2) is 96.1 Å². The molecule has 0 radical (unpaired) electrons. The van der Waals surface area contributed by atoms with Gasteiger partial charge in [0.05, 0.1) is 16.7 Å². The van der Waals surface area contributed by atoms with Crippen LogP contribution in [0.4, 0.5) is 0 Å². The molecular weight excluding hydrogens is 670 g/mol. The van der Waals surface area contributed by atoms with E-state index in [1.807, 2.05) is 0 Å². The molecule has 16 heteroatoms. The van der Waals surface area contributed by atoms with E-state index in [2.05, 4.69) is 10.0 Å². The molecule has 0 aliphatic carbocycles. The van der Waals surface area contributed by atoms with Gasteiger partial charge in [0.1, 0.15) is 43.7 Å². The van der Waals surface area contributed by atoms with Gasteiger partial charge in [-0.1, -0.05) is 59.7 Å². The highest BCUT2D eigenvalue weighted by atomic mass is 16.8. The number of hydrogen-bond donors (Lipinski definition) is 1. The average molecular weight is 706 g/mol. The molecule has 0 spiro atoms. The molecule has 2 aliphatic rings. The number of azide groups is 1. The number of esters is 4. The smallest absolute Gasteiger partial charge is 0.338 e. The summed E-state index contributed by atoms with van der Waals surface area (Å²) in [7, 11) is 1.26. The highest BCUT2D eigenvalue weighted by Crippen LogP contribution is 2.35. The number of carbonyl (C=O) groups is 4. The zero-order valence-corrected chi connectivity index (χ0v) is 27.5. The first-order chi connectivity index (χ1) is 24.7. The monoisotopic (exact) mass is 705 g/mol. The van der Waals surface area contributed by atoms with Gasteiger partial charge in [-0.15, -0.1) is 0 Å². The lowest BCUT2D eigenvalue weighted by Gasteiger charge is -2.43. The molecule has 3 aromatic carbocycles. The van der Waals surface area contributed by atoms with Crippen LogP contribution < -0.4 is 0 Å². The van der Waals surface area contributed by atoms with Gasteiger partial charge in [-0.2, -0.15) is 0 Å². The Morgan fingerprint density at radius 2 is 1.20 bits per heavy atom. The fraction of sp³-hybridized carbons (Fsp3) is 0.371. The number of methoxy groups -OCH3 is 1. The van der Waals surface area contributed by atoms with Gasteiger partial charge in [0, 0.05) is 18.9 Å². The second-order valence-corrected chi connectivity index (χ2v) is 11.3. The Kier molecular flexibility index (Phi) is 12.7. The topological polar surface area (TPSA) is 211 Å². The van der Waals surface area contributed by atoms with Gasteiger partial charge < -0.3 is 43.0 Å². The lowest BCUT2D eigenvalue weighted by atomic mass is 9.97. The Hall–Kier alpha value is -5.35. The SMILES string of the molecule is CO[C@@H]1O[C@H](COC(C)=O)[C@@H](O)[C@H](O[C@@H]2O[C@H](COC(=O)c3ccccc3)[C@@H](OC(=O)c3ccccc3)[C@H]2OC(=O)c2ccccc2)[C@H]1N=[N+]=[N-]. The third-order valence-corrected chi connectivity index (χ3v) is 7.96. The van der Waals surface area contributed by atoms with E-state index in [1.54, 1.807) is 66.7 Å². The summed E-state index contributed by atoms with van der Waals surface area (Å²) < 4.78 is 45.8. The van der Waals surface area contributed by atoms with Gasteiger partial charge in [0.2, 0.25) is 0 Å². The molecule has 5 rings (SSSR count). The van der Waals surface area contributed by atoms with E-state index in [4.69, 9.17) is 37.9 Å². The molecule has 1 N–H and O–H groups in total. The molecule has 0 amide bonds. The summed E-state index contributed by atoms with van der Waals surface area (Å²) in [5, 5.41) is 15.1. The first-order valence-electron chi connectivity index (χ1n) is 15.8. The van der Waals surface area contributed by atoms with Crippen LogP contribution in [0.3, 0.4) is 0 Å². The maximum Gasteiger partial charge on any atom is 0.338 e. The first-order valence-corrected chi connectivity index (χ1v) is 15.8. The van der Waals surface area contributed by atoms with Crippen LogP contribution >= 0.6 is 0 Å². The van der Waals surface area contributed by atoms with E-state index in [1.165, 1.54) is 38.3 Å². The normalized spacial score (nSPS) is 27.0. The molecule has 2 fully saturated rings. The number of rotatable bonds is 13. The zero-order valence-electron chi connectivity index (χ0n) is 27.5. The lowest BCUT2D eigenvalue weighted by Crippen LogP contribution is -2.60. The number of benzene rings is 3. The van der Waals surface area contributed by atoms with Crippen LogP contribution in [0, 0.1) is 0 Å². The molecule has 3 aromatic rings. The maximum atomic E-state index is 13.5.